The number of nitrogens with one attached hydrogen (secondary N) is 1. The summed E-state index contributed by atoms with van der Waals surface area (Å²) in [5.41, 5.74) is 3.13. The van der Waals surface area contributed by atoms with Crippen molar-refractivity contribution in [3.05, 3.63) is 29.6 Å². The fraction of sp³-hybridized carbons (Fsp3) is 0. The number of nitrogens with zero attached hydrogens (tertiary/aromatic N) is 2. The fourth-order valence-electron chi connectivity index (χ4n) is 0.540. The van der Waals surface area contributed by atoms with Crippen molar-refractivity contribution >= 4 is 4.02 Å². The molecule has 1 aliphatic heterocycles. The van der Waals surface area contributed by atoms with Gasteiger partial charge in [0.25, 0.3) is 0 Å². The van der Waals surface area contributed by atoms with Crippen molar-refractivity contribution in [2.24, 2.45) is 5.22 Å². The second-order valence-corrected chi connectivity index (χ2v) is 3.07. The first kappa shape index (κ1) is 7.35. The van der Waals surface area contributed by atoms with Crippen LogP contribution in [0.25, 0.3) is 0 Å². The van der Waals surface area contributed by atoms with E-state index in [1.807, 2.05) is 0 Å². The zero-order valence-electron chi connectivity index (χ0n) is 5.07. The molecule has 0 aromatic heterocycles. The van der Waals surface area contributed by atoms with E-state index in [0.717, 1.165) is 4.02 Å². The number of allylic oxidation sites excluding steroid dienone is 2. The van der Waals surface area contributed by atoms with Crippen LogP contribution in [0.1, 0.15) is 0 Å². The molecule has 5 heteroatoms. The van der Waals surface area contributed by atoms with E-state index in [2.05, 4.69) is 17.2 Å². The Bertz CT molecular complexity index is 243. The Morgan fingerprint density at radius 3 is 2.90 bits per heavy atom. The van der Waals surface area contributed by atoms with Crippen LogP contribution in [0.5, 0.6) is 0 Å². The molecule has 1 heterocycles. The summed E-state index contributed by atoms with van der Waals surface area (Å²) in [5.74, 6) is 0. The van der Waals surface area contributed by atoms with Gasteiger partial charge in [-0.2, -0.15) is 0 Å². The molecule has 0 amide bonds. The second kappa shape index (κ2) is 2.88. The maximum absolute atomic E-state index is 10.7. The average molecular weight is 307 g/mol. The Kier molecular flexibility index (Phi) is 2.12. The van der Waals surface area contributed by atoms with Gasteiger partial charge in [0.1, 0.15) is 0 Å². The van der Waals surface area contributed by atoms with Gasteiger partial charge in [-0.15, -0.1) is 0 Å². The first-order chi connectivity index (χ1) is 4.75. The van der Waals surface area contributed by atoms with Gasteiger partial charge in [-0.1, -0.05) is 0 Å². The molecule has 0 bridgehead atoms. The summed E-state index contributed by atoms with van der Waals surface area (Å²) >= 11 is 1.19. The van der Waals surface area contributed by atoms with E-state index in [9.17, 15) is 5.21 Å². The van der Waals surface area contributed by atoms with Crippen LogP contribution < -0.4 is 5.43 Å². The van der Waals surface area contributed by atoms with Crippen molar-refractivity contribution in [1.29, 1.82) is 0 Å². The second-order valence-electron chi connectivity index (χ2n) is 1.60. The van der Waals surface area contributed by atoms with Crippen LogP contribution in [0.3, 0.4) is 0 Å². The molecule has 0 radical (unpaired) electrons. The third-order valence-electron chi connectivity index (χ3n) is 0.957. The number of hydroxylamine groups is 1. The van der Waals surface area contributed by atoms with Crippen molar-refractivity contribution in [2.45, 2.75) is 0 Å². The number of hydrogen-bond acceptors (Lipinski definition) is 3. The van der Waals surface area contributed by atoms with Gasteiger partial charge < -0.3 is 0 Å². The van der Waals surface area contributed by atoms with Crippen LogP contribution in [0.2, 0.25) is 0 Å². The third kappa shape index (κ3) is 1.21. The van der Waals surface area contributed by atoms with Crippen LogP contribution in [0.15, 0.2) is 29.7 Å². The van der Waals surface area contributed by atoms with E-state index in [1.165, 1.54) is 19.4 Å². The van der Waals surface area contributed by atoms with Gasteiger partial charge in [-0.05, 0) is 0 Å². The first-order valence-corrected chi connectivity index (χ1v) is 4.03. The predicted octanol–water partition coefficient (Wildman–Crippen LogP) is 0.214. The standard InChI is InChI=1S/C5H5N3O.W/c1-2-3-5-4-6-7-8(5)9;/h2-3,6H,1H2;/b5-3+;. The Labute approximate surface area is 68.9 Å². The average Bonchev–Trinajstić information content (AvgIpc) is 2.20. The predicted molar refractivity (Wildman–Crippen MR) is 32.5 cm³/mol. The normalized spacial score (nSPS) is 20.6. The Morgan fingerprint density at radius 1 is 1.80 bits per heavy atom. The zero-order chi connectivity index (χ0) is 7.56. The van der Waals surface area contributed by atoms with E-state index >= 15 is 0 Å². The van der Waals surface area contributed by atoms with Gasteiger partial charge in [0, 0.05) is 0 Å². The minimum atomic E-state index is 0.546. The zero-order valence-corrected chi connectivity index (χ0v) is 8.01. The summed E-state index contributed by atoms with van der Waals surface area (Å²) < 4.78 is 0.829. The summed E-state index contributed by atoms with van der Waals surface area (Å²) in [6, 6.07) is 0. The summed E-state index contributed by atoms with van der Waals surface area (Å²) in [5, 5.41) is 14.2. The molecule has 0 unspecified atom stereocenters. The molecule has 1 rings (SSSR count). The van der Waals surface area contributed by atoms with E-state index in [4.69, 9.17) is 0 Å². The van der Waals surface area contributed by atoms with Gasteiger partial charge >= 0.3 is 68.5 Å². The Balaban J connectivity index is 2.94. The quantitative estimate of drug-likeness (QED) is 0.556. The van der Waals surface area contributed by atoms with Crippen molar-refractivity contribution in [1.82, 2.24) is 5.43 Å². The molecule has 52 valence electrons. The summed E-state index contributed by atoms with van der Waals surface area (Å²) in [4.78, 5) is 0.546. The van der Waals surface area contributed by atoms with E-state index in [-0.39, 0.29) is 0 Å². The summed E-state index contributed by atoms with van der Waals surface area (Å²) in [6.45, 7) is 3.48. The molecule has 0 aromatic rings. The summed E-state index contributed by atoms with van der Waals surface area (Å²) in [6.07, 6.45) is 3.19. The fourth-order valence-corrected chi connectivity index (χ4v) is 1.21. The molecule has 0 atom stereocenters. The molecular formula is C5H5N3OW. The minimum absolute atomic E-state index is 0.546. The maximum atomic E-state index is 10.7. The number of rotatable bonds is 1. The molecule has 0 saturated carbocycles. The monoisotopic (exact) mass is 307 g/mol. The molecule has 4 nitrogen and oxygen atoms in total. The first-order valence-electron chi connectivity index (χ1n) is 2.56. The van der Waals surface area contributed by atoms with Crippen molar-refractivity contribution in [3.8, 4) is 0 Å². The van der Waals surface area contributed by atoms with E-state index in [1.54, 1.807) is 12.2 Å². The van der Waals surface area contributed by atoms with Crippen LogP contribution in [0.4, 0.5) is 0 Å². The Hall–Kier alpha value is -0.762. The molecule has 0 spiro atoms. The van der Waals surface area contributed by atoms with Gasteiger partial charge in [-0.25, -0.2) is 0 Å². The summed E-state index contributed by atoms with van der Waals surface area (Å²) in [7, 11) is 0. The molecule has 0 saturated heterocycles. The molecule has 0 aliphatic carbocycles. The molecule has 0 fully saturated rings. The van der Waals surface area contributed by atoms with Gasteiger partial charge in [0.15, 0.2) is 0 Å². The van der Waals surface area contributed by atoms with Crippen LogP contribution in [-0.2, 0) is 19.4 Å². The van der Waals surface area contributed by atoms with E-state index in [0.29, 0.717) is 10.6 Å². The molecule has 1 N–H and O–H groups in total. The Morgan fingerprint density at radius 2 is 2.50 bits per heavy atom. The van der Waals surface area contributed by atoms with Gasteiger partial charge in [-0.3, -0.25) is 0 Å². The molecular weight excluding hydrogens is 302 g/mol. The van der Waals surface area contributed by atoms with Crippen molar-refractivity contribution in [3.63, 3.8) is 0 Å². The SMILES string of the molecule is C=C/C=C1\[C](=[W])NN=[N+]1[O-]. The van der Waals surface area contributed by atoms with Crippen LogP contribution in [-0.4, -0.2) is 8.88 Å². The molecule has 10 heavy (non-hydrogen) atoms. The van der Waals surface area contributed by atoms with Crippen molar-refractivity contribution < 1.29 is 24.2 Å². The molecule has 1 aliphatic rings. The molecule has 0 aromatic carbocycles. The van der Waals surface area contributed by atoms with E-state index < -0.39 is 0 Å². The third-order valence-corrected chi connectivity index (χ3v) is 2.04. The topological polar surface area (TPSA) is 50.5 Å². The van der Waals surface area contributed by atoms with Gasteiger partial charge in [0.2, 0.25) is 0 Å². The van der Waals surface area contributed by atoms with Crippen molar-refractivity contribution in [2.75, 3.05) is 0 Å². The van der Waals surface area contributed by atoms with Crippen LogP contribution in [0, 0.1) is 5.21 Å². The van der Waals surface area contributed by atoms with Crippen LogP contribution >= 0.6 is 0 Å². The van der Waals surface area contributed by atoms with Gasteiger partial charge in [0.05, 0.1) is 0 Å². The number of hydrogen-bond donors (Lipinski definition) is 1.